The van der Waals surface area contributed by atoms with Crippen molar-refractivity contribution in [3.8, 4) is 5.75 Å². The van der Waals surface area contributed by atoms with Crippen LogP contribution in [0.25, 0.3) is 0 Å². The molecular formula is C23H31F3NO4P. The van der Waals surface area contributed by atoms with Crippen molar-refractivity contribution in [2.24, 2.45) is 5.73 Å². The van der Waals surface area contributed by atoms with Crippen LogP contribution in [0.15, 0.2) is 42.5 Å². The van der Waals surface area contributed by atoms with Gasteiger partial charge in [0.2, 0.25) is 0 Å². The number of halogens is 3. The molecule has 2 unspecified atom stereocenters. The Morgan fingerprint density at radius 3 is 2.28 bits per heavy atom. The molecule has 32 heavy (non-hydrogen) atoms. The van der Waals surface area contributed by atoms with E-state index >= 15 is 0 Å². The fourth-order valence-corrected chi connectivity index (χ4v) is 3.67. The molecule has 0 radical (unpaired) electrons. The van der Waals surface area contributed by atoms with Gasteiger partial charge in [0.1, 0.15) is 5.75 Å². The average Bonchev–Trinajstić information content (AvgIpc) is 2.79. The Hall–Kier alpha value is -1.86. The molecule has 3 N–H and O–H groups in total. The summed E-state index contributed by atoms with van der Waals surface area (Å²) >= 11 is 0. The molecule has 178 valence electrons. The molecule has 2 rings (SSSR count). The van der Waals surface area contributed by atoms with Crippen molar-refractivity contribution in [3.63, 3.8) is 0 Å². The van der Waals surface area contributed by atoms with Crippen molar-refractivity contribution >= 4 is 8.69 Å². The van der Waals surface area contributed by atoms with Crippen LogP contribution in [0.2, 0.25) is 0 Å². The summed E-state index contributed by atoms with van der Waals surface area (Å²) in [6.07, 6.45) is -1.91. The van der Waals surface area contributed by atoms with E-state index in [1.165, 1.54) is 11.6 Å². The second-order valence-corrected chi connectivity index (χ2v) is 8.40. The van der Waals surface area contributed by atoms with Crippen LogP contribution in [0.5, 0.6) is 5.75 Å². The number of hydrogen-bond acceptors (Lipinski definition) is 5. The van der Waals surface area contributed by atoms with E-state index in [1.54, 1.807) is 6.07 Å². The second-order valence-electron chi connectivity index (χ2n) is 7.88. The zero-order chi connectivity index (χ0) is 23.6. The van der Waals surface area contributed by atoms with Crippen LogP contribution < -0.4 is 10.5 Å². The molecule has 0 saturated heterocycles. The van der Waals surface area contributed by atoms with E-state index in [1.807, 2.05) is 12.1 Å². The van der Waals surface area contributed by atoms with Gasteiger partial charge >= 0.3 is 6.18 Å². The van der Waals surface area contributed by atoms with Crippen molar-refractivity contribution in [1.82, 2.24) is 0 Å². The summed E-state index contributed by atoms with van der Waals surface area (Å²) in [5.74, 6) is -0.206. The Bertz CT molecular complexity index is 861. The summed E-state index contributed by atoms with van der Waals surface area (Å²) in [6, 6.07) is 12.1. The van der Waals surface area contributed by atoms with Crippen LogP contribution >= 0.6 is 8.69 Å². The molecule has 0 aromatic heterocycles. The van der Waals surface area contributed by atoms with Gasteiger partial charge in [-0.15, -0.1) is 0 Å². The Labute approximate surface area is 188 Å². The standard InChI is InChI=1S/C23H31F3NO4P/c1-2-17-5-7-18(8-6-17)4-3-13-30-21-10-9-19(14-20(21)23(24,25)26)11-12-22(27,15-28)16-31-32-29/h5-10,14,28H,2-4,11-13,15-16,27,32H2,1H3. The first kappa shape index (κ1) is 26.4. The smallest absolute Gasteiger partial charge is 0.419 e. The van der Waals surface area contributed by atoms with Gasteiger partial charge in [-0.1, -0.05) is 37.3 Å². The molecule has 0 heterocycles. The van der Waals surface area contributed by atoms with Gasteiger partial charge in [0, 0.05) is 0 Å². The Morgan fingerprint density at radius 1 is 1.03 bits per heavy atom. The fourth-order valence-electron chi connectivity index (χ4n) is 3.27. The van der Waals surface area contributed by atoms with Gasteiger partial charge < -0.3 is 20.1 Å². The lowest BCUT2D eigenvalue weighted by Gasteiger charge is -2.26. The van der Waals surface area contributed by atoms with Gasteiger partial charge in [0.25, 0.3) is 0 Å². The summed E-state index contributed by atoms with van der Waals surface area (Å²) in [5, 5.41) is 9.45. The van der Waals surface area contributed by atoms with E-state index in [2.05, 4.69) is 19.1 Å². The predicted molar refractivity (Wildman–Crippen MR) is 120 cm³/mol. The van der Waals surface area contributed by atoms with Crippen LogP contribution in [0, 0.1) is 0 Å². The molecule has 5 nitrogen and oxygen atoms in total. The van der Waals surface area contributed by atoms with Crippen molar-refractivity contribution in [1.29, 1.82) is 0 Å². The van der Waals surface area contributed by atoms with E-state index in [4.69, 9.17) is 15.0 Å². The van der Waals surface area contributed by atoms with E-state index in [-0.39, 0.29) is 31.8 Å². The molecule has 2 aromatic rings. The maximum Gasteiger partial charge on any atom is 0.419 e. The molecule has 0 saturated carbocycles. The van der Waals surface area contributed by atoms with Crippen LogP contribution in [0.3, 0.4) is 0 Å². The number of benzene rings is 2. The number of aryl methyl sites for hydroxylation is 3. The molecule has 0 aliphatic rings. The van der Waals surface area contributed by atoms with Gasteiger partial charge in [-0.2, -0.15) is 13.2 Å². The van der Waals surface area contributed by atoms with Gasteiger partial charge in [0.05, 0.1) is 30.9 Å². The summed E-state index contributed by atoms with van der Waals surface area (Å²) in [5.41, 5.74) is 6.75. The number of ether oxygens (including phenoxy) is 1. The normalized spacial score (nSPS) is 14.1. The minimum atomic E-state index is -4.56. The quantitative estimate of drug-likeness (QED) is 0.329. The molecule has 0 spiro atoms. The van der Waals surface area contributed by atoms with Crippen molar-refractivity contribution < 1.29 is 32.1 Å². The number of aliphatic hydroxyl groups excluding tert-OH is 1. The summed E-state index contributed by atoms with van der Waals surface area (Å²) < 4.78 is 61.6. The monoisotopic (exact) mass is 473 g/mol. The highest BCUT2D eigenvalue weighted by atomic mass is 31.1. The number of rotatable bonds is 13. The van der Waals surface area contributed by atoms with E-state index < -0.39 is 32.6 Å². The van der Waals surface area contributed by atoms with E-state index in [0.29, 0.717) is 12.0 Å². The van der Waals surface area contributed by atoms with E-state index in [0.717, 1.165) is 24.5 Å². The molecule has 0 aliphatic heterocycles. The molecule has 2 aromatic carbocycles. The Balaban J connectivity index is 1.99. The van der Waals surface area contributed by atoms with Gasteiger partial charge in [0.15, 0.2) is 8.69 Å². The lowest BCUT2D eigenvalue weighted by molar-refractivity contribution is -0.139. The minimum Gasteiger partial charge on any atom is -0.493 e. The van der Waals surface area contributed by atoms with Crippen LogP contribution in [-0.2, 0) is 34.5 Å². The molecule has 2 atom stereocenters. The summed E-state index contributed by atoms with van der Waals surface area (Å²) in [7, 11) is -1.47. The average molecular weight is 473 g/mol. The zero-order valence-electron chi connectivity index (χ0n) is 18.2. The first-order chi connectivity index (χ1) is 15.2. The summed E-state index contributed by atoms with van der Waals surface area (Å²) in [4.78, 5) is 0. The van der Waals surface area contributed by atoms with Crippen molar-refractivity contribution in [2.45, 2.75) is 50.7 Å². The number of alkyl halides is 3. The third-order valence-corrected chi connectivity index (χ3v) is 5.62. The van der Waals surface area contributed by atoms with Crippen LogP contribution in [0.4, 0.5) is 13.2 Å². The highest BCUT2D eigenvalue weighted by Crippen LogP contribution is 2.37. The number of nitrogens with two attached hydrogens (primary N) is 1. The van der Waals surface area contributed by atoms with E-state index in [9.17, 15) is 22.8 Å². The lowest BCUT2D eigenvalue weighted by Crippen LogP contribution is -2.47. The fraction of sp³-hybridized carbons (Fsp3) is 0.478. The third kappa shape index (κ3) is 8.24. The molecule has 0 aliphatic carbocycles. The maximum atomic E-state index is 13.6. The second kappa shape index (κ2) is 12.4. The molecule has 0 bridgehead atoms. The number of aliphatic hydroxyl groups is 1. The molecule has 0 amide bonds. The van der Waals surface area contributed by atoms with Gasteiger partial charge in [-0.05, 0) is 60.9 Å². The highest BCUT2D eigenvalue weighted by molar-refractivity contribution is 7.17. The van der Waals surface area contributed by atoms with Crippen LogP contribution in [0.1, 0.15) is 42.0 Å². The molecule has 0 fully saturated rings. The number of hydrogen-bond donors (Lipinski definition) is 2. The minimum absolute atomic E-state index is 0.128. The topological polar surface area (TPSA) is 81.8 Å². The predicted octanol–water partition coefficient (Wildman–Crippen LogP) is 4.59. The third-order valence-electron chi connectivity index (χ3n) is 5.31. The highest BCUT2D eigenvalue weighted by Gasteiger charge is 2.35. The van der Waals surface area contributed by atoms with Gasteiger partial charge in [-0.25, -0.2) is 0 Å². The first-order valence-electron chi connectivity index (χ1n) is 10.6. The van der Waals surface area contributed by atoms with Gasteiger partial charge in [-0.3, -0.25) is 4.57 Å². The first-order valence-corrected chi connectivity index (χ1v) is 11.5. The Morgan fingerprint density at radius 2 is 1.69 bits per heavy atom. The largest absolute Gasteiger partial charge is 0.493 e. The molecule has 9 heteroatoms. The maximum absolute atomic E-state index is 13.6. The SMILES string of the molecule is CCc1ccc(CCCOc2ccc(CCC(N)(CO)CO[PH2]=O)cc2C(F)(F)F)cc1. The zero-order valence-corrected chi connectivity index (χ0v) is 19.3. The lowest BCUT2D eigenvalue weighted by atomic mass is 9.93. The summed E-state index contributed by atoms with van der Waals surface area (Å²) in [6.45, 7) is 1.69. The van der Waals surface area contributed by atoms with Crippen LogP contribution in [-0.4, -0.2) is 30.5 Å². The Kier molecular flexibility index (Phi) is 10.2. The van der Waals surface area contributed by atoms with Crippen molar-refractivity contribution in [2.75, 3.05) is 19.8 Å². The van der Waals surface area contributed by atoms with Crippen molar-refractivity contribution in [3.05, 3.63) is 64.7 Å². The molecular weight excluding hydrogens is 442 g/mol.